The maximum absolute atomic E-state index is 12.7. The molecule has 1 aromatic heterocycles. The summed E-state index contributed by atoms with van der Waals surface area (Å²) in [6.45, 7) is 6.90. The van der Waals surface area contributed by atoms with Crippen molar-refractivity contribution in [1.29, 1.82) is 0 Å². The maximum atomic E-state index is 12.7. The zero-order chi connectivity index (χ0) is 17.2. The lowest BCUT2D eigenvalue weighted by atomic mass is 9.83. The Kier molecular flexibility index (Phi) is 4.85. The number of aromatic nitrogens is 1. The van der Waals surface area contributed by atoms with Crippen molar-refractivity contribution < 1.29 is 14.3 Å². The number of ether oxygens (including phenoxy) is 1. The number of anilines is 1. The highest BCUT2D eigenvalue weighted by molar-refractivity contribution is 7.17. The highest BCUT2D eigenvalue weighted by Crippen LogP contribution is 2.33. The number of hydrogen-bond donors (Lipinski definition) is 1. The molecule has 2 aromatic rings. The molecule has 2 rings (SSSR count). The minimum atomic E-state index is -0.803. The topological polar surface area (TPSA) is 68.3 Å². The second-order valence-corrected chi connectivity index (χ2v) is 6.77. The van der Waals surface area contributed by atoms with Gasteiger partial charge in [-0.3, -0.25) is 9.59 Å². The molecule has 122 valence electrons. The van der Waals surface area contributed by atoms with E-state index in [0.717, 1.165) is 5.56 Å². The molecule has 0 atom stereocenters. The Morgan fingerprint density at radius 3 is 2.48 bits per heavy atom. The van der Waals surface area contributed by atoms with Gasteiger partial charge in [-0.2, -0.15) is 0 Å². The first-order chi connectivity index (χ1) is 10.8. The van der Waals surface area contributed by atoms with E-state index in [4.69, 9.17) is 4.74 Å². The minimum absolute atomic E-state index is 0.0514. The smallest absolute Gasteiger partial charge is 0.236 e. The van der Waals surface area contributed by atoms with Gasteiger partial charge in [-0.1, -0.05) is 29.5 Å². The van der Waals surface area contributed by atoms with Crippen LogP contribution in [0.5, 0.6) is 5.75 Å². The minimum Gasteiger partial charge on any atom is -0.496 e. The molecule has 23 heavy (non-hydrogen) atoms. The number of carbonyl (C=O) groups is 2. The van der Waals surface area contributed by atoms with Crippen molar-refractivity contribution in [1.82, 2.24) is 4.98 Å². The van der Waals surface area contributed by atoms with Crippen LogP contribution in [-0.2, 0) is 10.2 Å². The number of nitrogens with one attached hydrogen (secondary N) is 1. The van der Waals surface area contributed by atoms with E-state index >= 15 is 0 Å². The molecule has 1 amide bonds. The largest absolute Gasteiger partial charge is 0.496 e. The highest BCUT2D eigenvalue weighted by Gasteiger charge is 2.33. The molecule has 1 heterocycles. The van der Waals surface area contributed by atoms with Crippen LogP contribution in [0.2, 0.25) is 0 Å². The summed E-state index contributed by atoms with van der Waals surface area (Å²) < 4.78 is 5.35. The van der Waals surface area contributed by atoms with Gasteiger partial charge in [0, 0.05) is 12.5 Å². The lowest BCUT2D eigenvalue weighted by Gasteiger charge is -2.25. The maximum Gasteiger partial charge on any atom is 0.236 e. The van der Waals surface area contributed by atoms with Gasteiger partial charge in [-0.25, -0.2) is 4.98 Å². The van der Waals surface area contributed by atoms with Gasteiger partial charge in [0.25, 0.3) is 0 Å². The van der Waals surface area contributed by atoms with E-state index in [1.165, 1.54) is 18.3 Å². The van der Waals surface area contributed by atoms with Gasteiger partial charge in [0.05, 0.1) is 23.1 Å². The summed E-state index contributed by atoms with van der Waals surface area (Å²) in [6, 6.07) is 7.42. The van der Waals surface area contributed by atoms with E-state index in [0.29, 0.717) is 21.5 Å². The fourth-order valence-electron chi connectivity index (χ4n) is 2.31. The van der Waals surface area contributed by atoms with Gasteiger partial charge < -0.3 is 10.1 Å². The fraction of sp³-hybridized carbons (Fsp3) is 0.353. The molecule has 0 spiro atoms. The number of Topliss-reactive ketones (excluding diaryl/α,β-unsaturated/α-hetero) is 1. The van der Waals surface area contributed by atoms with Crippen LogP contribution < -0.4 is 10.1 Å². The first-order valence-electron chi connectivity index (χ1n) is 7.20. The molecule has 0 unspecified atom stereocenters. The Morgan fingerprint density at radius 1 is 1.26 bits per heavy atom. The first kappa shape index (κ1) is 17.1. The van der Waals surface area contributed by atoms with Crippen molar-refractivity contribution in [2.75, 3.05) is 12.4 Å². The van der Waals surface area contributed by atoms with Crippen molar-refractivity contribution in [2.45, 2.75) is 33.1 Å². The molecule has 0 radical (unpaired) electrons. The van der Waals surface area contributed by atoms with Gasteiger partial charge in [-0.05, 0) is 26.8 Å². The molecule has 0 bridgehead atoms. The van der Waals surface area contributed by atoms with Crippen LogP contribution in [0.3, 0.4) is 0 Å². The summed E-state index contributed by atoms with van der Waals surface area (Å²) >= 11 is 1.19. The summed E-state index contributed by atoms with van der Waals surface area (Å²) in [4.78, 5) is 29.0. The van der Waals surface area contributed by atoms with E-state index in [2.05, 4.69) is 10.3 Å². The van der Waals surface area contributed by atoms with Crippen molar-refractivity contribution >= 4 is 28.2 Å². The molecule has 0 aliphatic rings. The summed E-state index contributed by atoms with van der Waals surface area (Å²) in [7, 11) is 1.58. The average molecular weight is 332 g/mol. The van der Waals surface area contributed by atoms with Crippen LogP contribution in [0.4, 0.5) is 5.13 Å². The molecular formula is C17H20N2O3S. The second-order valence-electron chi connectivity index (χ2n) is 5.77. The molecule has 1 N–H and O–H groups in total. The van der Waals surface area contributed by atoms with Crippen LogP contribution in [0, 0.1) is 6.92 Å². The molecule has 0 fully saturated rings. The number of carbonyl (C=O) groups excluding carboxylic acids is 2. The monoisotopic (exact) mass is 332 g/mol. The first-order valence-corrected chi connectivity index (χ1v) is 8.02. The number of thiazole rings is 1. The summed E-state index contributed by atoms with van der Waals surface area (Å²) in [5.74, 6) is 0.405. The molecule has 0 saturated heterocycles. The standard InChI is InChI=1S/C17H20N2O3S/c1-10-14(11(2)20)23-16(18-10)19-15(21)17(3,4)12-8-6-7-9-13(12)22-5/h6-9H,1-5H3,(H,18,19,21). The third-order valence-electron chi connectivity index (χ3n) is 3.68. The number of aryl methyl sites for hydroxylation is 1. The molecule has 0 saturated carbocycles. The normalized spacial score (nSPS) is 11.2. The fourth-order valence-corrected chi connectivity index (χ4v) is 3.17. The third-order valence-corrected chi connectivity index (χ3v) is 4.86. The number of methoxy groups -OCH3 is 1. The Bertz CT molecular complexity index is 750. The van der Waals surface area contributed by atoms with Crippen LogP contribution in [0.1, 0.15) is 41.7 Å². The zero-order valence-electron chi connectivity index (χ0n) is 13.9. The average Bonchev–Trinajstić information content (AvgIpc) is 2.87. The van der Waals surface area contributed by atoms with E-state index < -0.39 is 5.41 Å². The van der Waals surface area contributed by atoms with Crippen molar-refractivity contribution in [3.05, 3.63) is 40.4 Å². The van der Waals surface area contributed by atoms with Crippen LogP contribution >= 0.6 is 11.3 Å². The number of benzene rings is 1. The predicted molar refractivity (Wildman–Crippen MR) is 91.5 cm³/mol. The van der Waals surface area contributed by atoms with Gasteiger partial charge in [0.1, 0.15) is 5.75 Å². The Balaban J connectivity index is 2.28. The van der Waals surface area contributed by atoms with E-state index in [1.54, 1.807) is 14.0 Å². The van der Waals surface area contributed by atoms with E-state index in [-0.39, 0.29) is 11.7 Å². The van der Waals surface area contributed by atoms with Crippen molar-refractivity contribution in [2.24, 2.45) is 0 Å². The van der Waals surface area contributed by atoms with Gasteiger partial charge in [-0.15, -0.1) is 0 Å². The summed E-state index contributed by atoms with van der Waals surface area (Å²) in [5, 5.41) is 3.24. The molecule has 6 heteroatoms. The molecular weight excluding hydrogens is 312 g/mol. The van der Waals surface area contributed by atoms with E-state index in [1.807, 2.05) is 38.1 Å². The molecule has 1 aromatic carbocycles. The summed E-state index contributed by atoms with van der Waals surface area (Å²) in [6.07, 6.45) is 0. The van der Waals surface area contributed by atoms with Crippen LogP contribution in [0.25, 0.3) is 0 Å². The lowest BCUT2D eigenvalue weighted by molar-refractivity contribution is -0.120. The zero-order valence-corrected chi connectivity index (χ0v) is 14.7. The van der Waals surface area contributed by atoms with Gasteiger partial charge in [0.15, 0.2) is 10.9 Å². The van der Waals surface area contributed by atoms with Crippen LogP contribution in [-0.4, -0.2) is 23.8 Å². The van der Waals surface area contributed by atoms with Crippen molar-refractivity contribution in [3.8, 4) is 5.75 Å². The Hall–Kier alpha value is -2.21. The van der Waals surface area contributed by atoms with Gasteiger partial charge in [0.2, 0.25) is 5.91 Å². The van der Waals surface area contributed by atoms with Gasteiger partial charge >= 0.3 is 0 Å². The number of nitrogens with zero attached hydrogens (tertiary/aromatic N) is 1. The number of amides is 1. The third kappa shape index (κ3) is 3.42. The summed E-state index contributed by atoms with van der Waals surface area (Å²) in [5.41, 5.74) is 0.621. The van der Waals surface area contributed by atoms with Crippen LogP contribution in [0.15, 0.2) is 24.3 Å². The number of rotatable bonds is 5. The second kappa shape index (κ2) is 6.50. The van der Waals surface area contributed by atoms with E-state index in [9.17, 15) is 9.59 Å². The predicted octanol–water partition coefficient (Wildman–Crippen LogP) is 3.58. The molecule has 0 aliphatic heterocycles. The number of ketones is 1. The molecule has 5 nitrogen and oxygen atoms in total. The molecule has 0 aliphatic carbocycles. The Morgan fingerprint density at radius 2 is 1.91 bits per heavy atom. The highest BCUT2D eigenvalue weighted by atomic mass is 32.1. The quantitative estimate of drug-likeness (QED) is 0.850. The SMILES string of the molecule is COc1ccccc1C(C)(C)C(=O)Nc1nc(C)c(C(C)=O)s1. The number of para-hydroxylation sites is 1. The lowest BCUT2D eigenvalue weighted by Crippen LogP contribution is -2.35. The number of hydrogen-bond acceptors (Lipinski definition) is 5. The van der Waals surface area contributed by atoms with Crippen molar-refractivity contribution in [3.63, 3.8) is 0 Å². The Labute approximate surface area is 139 Å².